The molecule has 2 amide bonds. The van der Waals surface area contributed by atoms with Gasteiger partial charge in [-0.1, -0.05) is 86.5 Å². The minimum absolute atomic E-state index is 0.293. The van der Waals surface area contributed by atoms with Crippen LogP contribution in [0.5, 0.6) is 0 Å². The number of amides is 2. The van der Waals surface area contributed by atoms with Crippen molar-refractivity contribution < 1.29 is 19.1 Å². The first kappa shape index (κ1) is 27.6. The van der Waals surface area contributed by atoms with E-state index in [1.54, 1.807) is 24.3 Å². The smallest absolute Gasteiger partial charge is 0.337 e. The lowest BCUT2D eigenvalue weighted by Gasteiger charge is -2.35. The van der Waals surface area contributed by atoms with Gasteiger partial charge in [0, 0.05) is 5.69 Å². The number of carbonyl (C=O) groups excluding carboxylic acids is 3. The van der Waals surface area contributed by atoms with Crippen LogP contribution in [0.3, 0.4) is 0 Å². The molecule has 0 radical (unpaired) electrons. The molecule has 1 N–H and O–H groups in total. The van der Waals surface area contributed by atoms with E-state index in [9.17, 15) is 14.4 Å². The first-order chi connectivity index (χ1) is 20.0. The van der Waals surface area contributed by atoms with Crippen molar-refractivity contribution in [1.82, 2.24) is 0 Å². The fourth-order valence-corrected chi connectivity index (χ4v) is 5.44. The summed E-state index contributed by atoms with van der Waals surface area (Å²) < 4.78 is 4.84. The Balaban J connectivity index is 1.69. The fourth-order valence-electron chi connectivity index (χ4n) is 5.44. The van der Waals surface area contributed by atoms with Gasteiger partial charge >= 0.3 is 5.97 Å². The summed E-state index contributed by atoms with van der Waals surface area (Å²) in [5, 5.41) is 6.57. The number of hydrazine groups is 1. The molecular weight excluding hydrogens is 514 g/mol. The maximum atomic E-state index is 14.9. The molecule has 1 fully saturated rings. The van der Waals surface area contributed by atoms with E-state index in [0.717, 1.165) is 12.0 Å². The first-order valence-corrected chi connectivity index (χ1v) is 13.8. The van der Waals surface area contributed by atoms with Gasteiger partial charge < -0.3 is 10.1 Å². The van der Waals surface area contributed by atoms with Gasteiger partial charge in [-0.15, -0.1) is 0 Å². The summed E-state index contributed by atoms with van der Waals surface area (Å²) in [6.45, 7) is 2.05. The molecule has 0 aromatic heterocycles. The van der Waals surface area contributed by atoms with Crippen LogP contribution >= 0.6 is 0 Å². The molecule has 4 aromatic rings. The summed E-state index contributed by atoms with van der Waals surface area (Å²) >= 11 is 0. The zero-order valence-electron chi connectivity index (χ0n) is 23.2. The second-order valence-electron chi connectivity index (χ2n) is 10.0. The van der Waals surface area contributed by atoms with Crippen molar-refractivity contribution in [3.05, 3.63) is 126 Å². The van der Waals surface area contributed by atoms with Crippen molar-refractivity contribution in [3.63, 3.8) is 0 Å². The van der Waals surface area contributed by atoms with Crippen LogP contribution in [0.4, 0.5) is 17.1 Å². The Hall–Kier alpha value is -4.91. The molecule has 1 saturated heterocycles. The number of anilines is 3. The van der Waals surface area contributed by atoms with Gasteiger partial charge in [-0.3, -0.25) is 9.59 Å². The summed E-state index contributed by atoms with van der Waals surface area (Å²) in [5.41, 5.74) is 1.67. The quantitative estimate of drug-likeness (QED) is 0.175. The zero-order chi connectivity index (χ0) is 28.8. The summed E-state index contributed by atoms with van der Waals surface area (Å²) in [4.78, 5) is 41.8. The summed E-state index contributed by atoms with van der Waals surface area (Å²) in [6.07, 6.45) is 1.84. The summed E-state index contributed by atoms with van der Waals surface area (Å²) in [6, 6.07) is 34.3. The van der Waals surface area contributed by atoms with E-state index >= 15 is 0 Å². The van der Waals surface area contributed by atoms with Gasteiger partial charge in [-0.2, -0.15) is 0 Å². The molecule has 1 unspecified atom stereocenters. The lowest BCUT2D eigenvalue weighted by atomic mass is 9.72. The monoisotopic (exact) mass is 547 g/mol. The third-order valence-electron chi connectivity index (χ3n) is 7.52. The SMILES string of the molecule is CCCCC1(C(Nc2ccc(C(=O)OC)cc2)c2ccccc2)C(=O)N(c2ccccc2)N(c2ccccc2)C1=O. The van der Waals surface area contributed by atoms with Crippen LogP contribution in [0.2, 0.25) is 0 Å². The van der Waals surface area contributed by atoms with Gasteiger partial charge in [-0.25, -0.2) is 14.8 Å². The molecule has 0 aliphatic carbocycles. The molecule has 7 heteroatoms. The highest BCUT2D eigenvalue weighted by Crippen LogP contribution is 2.50. The zero-order valence-corrected chi connectivity index (χ0v) is 23.2. The molecule has 0 saturated carbocycles. The fraction of sp³-hybridized carbons (Fsp3) is 0.206. The van der Waals surface area contributed by atoms with Crippen molar-refractivity contribution in [3.8, 4) is 0 Å². The lowest BCUT2D eigenvalue weighted by molar-refractivity contribution is -0.136. The van der Waals surface area contributed by atoms with E-state index in [1.165, 1.54) is 17.1 Å². The van der Waals surface area contributed by atoms with Crippen LogP contribution in [0, 0.1) is 5.41 Å². The van der Waals surface area contributed by atoms with Gasteiger partial charge in [0.2, 0.25) is 0 Å². The van der Waals surface area contributed by atoms with E-state index in [-0.39, 0.29) is 11.8 Å². The topological polar surface area (TPSA) is 79.0 Å². The Morgan fingerprint density at radius 2 is 1.24 bits per heavy atom. The molecule has 208 valence electrons. The Labute approximate surface area is 240 Å². The van der Waals surface area contributed by atoms with Gasteiger partial charge in [0.25, 0.3) is 11.8 Å². The molecule has 1 atom stereocenters. The number of hydrogen-bond donors (Lipinski definition) is 1. The largest absolute Gasteiger partial charge is 0.465 e. The van der Waals surface area contributed by atoms with Crippen LogP contribution in [0.1, 0.15) is 48.1 Å². The van der Waals surface area contributed by atoms with Gasteiger partial charge in [-0.05, 0) is 60.5 Å². The average molecular weight is 548 g/mol. The first-order valence-electron chi connectivity index (χ1n) is 13.8. The standard InChI is InChI=1S/C34H33N3O4/c1-3-4-24-34(30(25-14-8-5-9-15-25)35-27-22-20-26(21-23-27)31(38)41-2)32(39)36(28-16-10-6-11-17-28)37(33(34)40)29-18-12-7-13-19-29/h5-23,30,35H,3-4,24H2,1-2H3. The predicted octanol–water partition coefficient (Wildman–Crippen LogP) is 6.80. The number of unbranched alkanes of at least 4 members (excludes halogenated alkanes) is 1. The Morgan fingerprint density at radius 3 is 1.71 bits per heavy atom. The van der Waals surface area contributed by atoms with Gasteiger partial charge in [0.15, 0.2) is 5.41 Å². The molecule has 4 aromatic carbocycles. The second kappa shape index (κ2) is 12.1. The van der Waals surface area contributed by atoms with E-state index < -0.39 is 17.4 Å². The highest BCUT2D eigenvalue weighted by atomic mass is 16.5. The number of para-hydroxylation sites is 2. The number of carbonyl (C=O) groups is 3. The van der Waals surface area contributed by atoms with Gasteiger partial charge in [0.1, 0.15) is 0 Å². The molecule has 41 heavy (non-hydrogen) atoms. The molecule has 5 rings (SSSR count). The number of hydrogen-bond acceptors (Lipinski definition) is 5. The van der Waals surface area contributed by atoms with Crippen molar-refractivity contribution in [2.45, 2.75) is 32.2 Å². The normalized spacial score (nSPS) is 15.1. The highest BCUT2D eigenvalue weighted by Gasteiger charge is 2.63. The number of benzene rings is 4. The van der Waals surface area contributed by atoms with Crippen LogP contribution in [-0.4, -0.2) is 24.9 Å². The molecule has 1 aliphatic rings. The van der Waals surface area contributed by atoms with Crippen LogP contribution in [0.15, 0.2) is 115 Å². The van der Waals surface area contributed by atoms with E-state index in [2.05, 4.69) is 12.2 Å². The molecule has 7 nitrogen and oxygen atoms in total. The minimum Gasteiger partial charge on any atom is -0.465 e. The minimum atomic E-state index is -1.45. The number of nitrogens with one attached hydrogen (secondary N) is 1. The third kappa shape index (κ3) is 5.18. The summed E-state index contributed by atoms with van der Waals surface area (Å²) in [5.74, 6) is -1.02. The van der Waals surface area contributed by atoms with Crippen molar-refractivity contribution >= 4 is 34.8 Å². The Kier molecular flexibility index (Phi) is 8.15. The third-order valence-corrected chi connectivity index (χ3v) is 7.52. The Morgan fingerprint density at radius 1 is 0.756 bits per heavy atom. The van der Waals surface area contributed by atoms with E-state index in [0.29, 0.717) is 35.5 Å². The molecule has 0 bridgehead atoms. The number of ether oxygens (including phenoxy) is 1. The van der Waals surface area contributed by atoms with Crippen LogP contribution < -0.4 is 15.3 Å². The number of methoxy groups -OCH3 is 1. The van der Waals surface area contributed by atoms with E-state index in [1.807, 2.05) is 91.0 Å². The van der Waals surface area contributed by atoms with Crippen molar-refractivity contribution in [2.24, 2.45) is 5.41 Å². The molecule has 1 heterocycles. The second-order valence-corrected chi connectivity index (χ2v) is 10.0. The van der Waals surface area contributed by atoms with Crippen LogP contribution in [-0.2, 0) is 14.3 Å². The van der Waals surface area contributed by atoms with E-state index in [4.69, 9.17) is 4.74 Å². The molecule has 1 aliphatic heterocycles. The number of rotatable bonds is 10. The lowest BCUT2D eigenvalue weighted by Crippen LogP contribution is -2.45. The number of nitrogens with zero attached hydrogens (tertiary/aromatic N) is 2. The maximum Gasteiger partial charge on any atom is 0.337 e. The highest BCUT2D eigenvalue weighted by molar-refractivity contribution is 6.26. The average Bonchev–Trinajstić information content (AvgIpc) is 3.26. The maximum absolute atomic E-state index is 14.9. The molecule has 0 spiro atoms. The molecular formula is C34H33N3O4. The predicted molar refractivity (Wildman–Crippen MR) is 160 cm³/mol. The van der Waals surface area contributed by atoms with Crippen molar-refractivity contribution in [1.29, 1.82) is 0 Å². The Bertz CT molecular complexity index is 1430. The number of esters is 1. The van der Waals surface area contributed by atoms with Crippen LogP contribution in [0.25, 0.3) is 0 Å². The van der Waals surface area contributed by atoms with Gasteiger partial charge in [0.05, 0.1) is 30.1 Å². The summed E-state index contributed by atoms with van der Waals surface area (Å²) in [7, 11) is 1.34. The van der Waals surface area contributed by atoms with Crippen molar-refractivity contribution in [2.75, 3.05) is 22.4 Å².